The molecule has 0 aliphatic rings. The van der Waals surface area contributed by atoms with Crippen molar-refractivity contribution in [2.24, 2.45) is 0 Å². The Morgan fingerprint density at radius 1 is 1.39 bits per heavy atom. The maximum Gasteiger partial charge on any atom is 0.238 e. The molecular weight excluding hydrogens is 230 g/mol. The molecule has 0 amide bonds. The van der Waals surface area contributed by atoms with Crippen LogP contribution in [0.5, 0.6) is 0 Å². The number of aromatic nitrogens is 2. The van der Waals surface area contributed by atoms with E-state index in [1.54, 1.807) is 6.26 Å². The van der Waals surface area contributed by atoms with Crippen LogP contribution in [0.1, 0.15) is 39.0 Å². The van der Waals surface area contributed by atoms with E-state index < -0.39 is 0 Å². The molecule has 2 aromatic heterocycles. The quantitative estimate of drug-likeness (QED) is 0.852. The van der Waals surface area contributed by atoms with Gasteiger partial charge in [0.05, 0.1) is 12.2 Å². The molecule has 2 heterocycles. The first kappa shape index (κ1) is 12.8. The number of likely N-dealkylation sites (N-methyl/N-ethyl adjacent to an activating group) is 1. The van der Waals surface area contributed by atoms with E-state index >= 15 is 0 Å². The Morgan fingerprint density at radius 3 is 2.83 bits per heavy atom. The largest absolute Gasteiger partial charge is 0.461 e. The highest BCUT2D eigenvalue weighted by atomic mass is 16.5. The highest BCUT2D eigenvalue weighted by molar-refractivity contribution is 5.44. The summed E-state index contributed by atoms with van der Waals surface area (Å²) >= 11 is 0. The van der Waals surface area contributed by atoms with E-state index in [4.69, 9.17) is 8.94 Å². The van der Waals surface area contributed by atoms with Crippen LogP contribution in [0.25, 0.3) is 11.6 Å². The lowest BCUT2D eigenvalue weighted by atomic mass is 9.98. The molecule has 0 aliphatic heterocycles. The van der Waals surface area contributed by atoms with Crippen molar-refractivity contribution in [2.75, 3.05) is 6.54 Å². The third-order valence-electron chi connectivity index (χ3n) is 3.07. The highest BCUT2D eigenvalue weighted by Gasteiger charge is 2.23. The van der Waals surface area contributed by atoms with Crippen LogP contribution < -0.4 is 5.32 Å². The molecule has 1 N–H and O–H groups in total. The summed E-state index contributed by atoms with van der Waals surface area (Å²) < 4.78 is 10.6. The number of furan rings is 1. The number of hydrogen-bond donors (Lipinski definition) is 1. The molecule has 0 fully saturated rings. The topological polar surface area (TPSA) is 64.1 Å². The summed E-state index contributed by atoms with van der Waals surface area (Å²) in [7, 11) is 0. The van der Waals surface area contributed by atoms with Crippen molar-refractivity contribution in [3.8, 4) is 11.6 Å². The second-order valence-corrected chi connectivity index (χ2v) is 4.29. The Morgan fingerprint density at radius 2 is 2.22 bits per heavy atom. The molecular formula is C13H19N3O2. The van der Waals surface area contributed by atoms with Crippen molar-refractivity contribution in [1.29, 1.82) is 0 Å². The Kier molecular flexibility index (Phi) is 4.15. The number of nitrogens with zero attached hydrogens (tertiary/aromatic N) is 2. The van der Waals surface area contributed by atoms with E-state index in [1.165, 1.54) is 0 Å². The molecule has 0 aliphatic carbocycles. The van der Waals surface area contributed by atoms with Crippen molar-refractivity contribution in [2.45, 2.75) is 39.2 Å². The van der Waals surface area contributed by atoms with Crippen molar-refractivity contribution in [3.05, 3.63) is 24.3 Å². The van der Waals surface area contributed by atoms with E-state index in [9.17, 15) is 0 Å². The van der Waals surface area contributed by atoms with Crippen LogP contribution in [0.4, 0.5) is 0 Å². The second kappa shape index (κ2) is 5.82. The summed E-state index contributed by atoms with van der Waals surface area (Å²) in [5.74, 6) is 2.03. The Labute approximate surface area is 107 Å². The van der Waals surface area contributed by atoms with Gasteiger partial charge in [-0.3, -0.25) is 0 Å². The SMILES string of the molecule is CCNC(C)C(CC)c1nc(-c2ccco2)no1. The minimum Gasteiger partial charge on any atom is -0.461 e. The van der Waals surface area contributed by atoms with E-state index in [2.05, 4.69) is 36.2 Å². The first-order chi connectivity index (χ1) is 8.76. The molecule has 5 nitrogen and oxygen atoms in total. The molecule has 0 saturated heterocycles. The molecule has 2 rings (SSSR count). The van der Waals surface area contributed by atoms with E-state index in [1.807, 2.05) is 12.1 Å². The molecule has 18 heavy (non-hydrogen) atoms. The summed E-state index contributed by atoms with van der Waals surface area (Å²) in [5.41, 5.74) is 0. The van der Waals surface area contributed by atoms with Gasteiger partial charge >= 0.3 is 0 Å². The van der Waals surface area contributed by atoms with Crippen molar-refractivity contribution in [1.82, 2.24) is 15.5 Å². The minimum absolute atomic E-state index is 0.223. The van der Waals surface area contributed by atoms with Crippen LogP contribution in [0.3, 0.4) is 0 Å². The van der Waals surface area contributed by atoms with Crippen molar-refractivity contribution < 1.29 is 8.94 Å². The summed E-state index contributed by atoms with van der Waals surface area (Å²) in [4.78, 5) is 4.42. The van der Waals surface area contributed by atoms with Gasteiger partial charge in [-0.05, 0) is 32.0 Å². The van der Waals surface area contributed by atoms with Gasteiger partial charge in [0.15, 0.2) is 5.76 Å². The molecule has 5 heteroatoms. The molecule has 98 valence electrons. The fourth-order valence-electron chi connectivity index (χ4n) is 2.10. The van der Waals surface area contributed by atoms with Crippen LogP contribution in [-0.2, 0) is 0 Å². The zero-order valence-electron chi connectivity index (χ0n) is 11.0. The highest BCUT2D eigenvalue weighted by Crippen LogP contribution is 2.24. The summed E-state index contributed by atoms with van der Waals surface area (Å²) in [6.07, 6.45) is 2.55. The predicted molar refractivity (Wildman–Crippen MR) is 68.2 cm³/mol. The van der Waals surface area contributed by atoms with Crippen LogP contribution in [-0.4, -0.2) is 22.7 Å². The van der Waals surface area contributed by atoms with Gasteiger partial charge in [-0.25, -0.2) is 0 Å². The van der Waals surface area contributed by atoms with Crippen LogP contribution in [0, 0.1) is 0 Å². The number of rotatable bonds is 6. The van der Waals surface area contributed by atoms with E-state index in [0.717, 1.165) is 13.0 Å². The number of hydrogen-bond acceptors (Lipinski definition) is 5. The predicted octanol–water partition coefficient (Wildman–Crippen LogP) is 2.82. The third kappa shape index (κ3) is 2.61. The first-order valence-electron chi connectivity index (χ1n) is 6.37. The molecule has 0 spiro atoms. The number of nitrogens with one attached hydrogen (secondary N) is 1. The Bertz CT molecular complexity index is 464. The minimum atomic E-state index is 0.223. The molecule has 0 radical (unpaired) electrons. The second-order valence-electron chi connectivity index (χ2n) is 4.29. The molecule has 0 aromatic carbocycles. The average molecular weight is 249 g/mol. The van der Waals surface area contributed by atoms with Gasteiger partial charge in [0.25, 0.3) is 0 Å². The van der Waals surface area contributed by atoms with Gasteiger partial charge in [-0.1, -0.05) is 19.0 Å². The van der Waals surface area contributed by atoms with E-state index in [-0.39, 0.29) is 5.92 Å². The standard InChI is InChI=1S/C13H19N3O2/c1-4-10(9(3)14-5-2)13-15-12(16-18-13)11-7-6-8-17-11/h6-10,14H,4-5H2,1-3H3. The zero-order valence-corrected chi connectivity index (χ0v) is 11.0. The summed E-state index contributed by atoms with van der Waals surface area (Å²) in [5, 5.41) is 7.35. The monoisotopic (exact) mass is 249 g/mol. The molecule has 0 bridgehead atoms. The Hall–Kier alpha value is -1.62. The molecule has 2 unspecified atom stereocenters. The fourth-order valence-corrected chi connectivity index (χ4v) is 2.10. The summed E-state index contributed by atoms with van der Waals surface area (Å²) in [6.45, 7) is 7.27. The zero-order chi connectivity index (χ0) is 13.0. The lowest BCUT2D eigenvalue weighted by molar-refractivity contribution is 0.317. The maximum atomic E-state index is 5.35. The lowest BCUT2D eigenvalue weighted by Crippen LogP contribution is -2.31. The van der Waals surface area contributed by atoms with Crippen molar-refractivity contribution in [3.63, 3.8) is 0 Å². The molecule has 2 atom stereocenters. The van der Waals surface area contributed by atoms with Crippen LogP contribution >= 0.6 is 0 Å². The fraction of sp³-hybridized carbons (Fsp3) is 0.538. The smallest absolute Gasteiger partial charge is 0.238 e. The van der Waals surface area contributed by atoms with Gasteiger partial charge in [-0.15, -0.1) is 0 Å². The van der Waals surface area contributed by atoms with Crippen molar-refractivity contribution >= 4 is 0 Å². The first-order valence-corrected chi connectivity index (χ1v) is 6.37. The van der Waals surface area contributed by atoms with Gasteiger partial charge in [-0.2, -0.15) is 4.98 Å². The average Bonchev–Trinajstić information content (AvgIpc) is 3.00. The summed E-state index contributed by atoms with van der Waals surface area (Å²) in [6, 6.07) is 3.94. The normalized spacial score (nSPS) is 14.6. The van der Waals surface area contributed by atoms with Gasteiger partial charge < -0.3 is 14.3 Å². The maximum absolute atomic E-state index is 5.35. The van der Waals surface area contributed by atoms with Gasteiger partial charge in [0.2, 0.25) is 11.7 Å². The Balaban J connectivity index is 2.17. The molecule has 2 aromatic rings. The van der Waals surface area contributed by atoms with Gasteiger partial charge in [0, 0.05) is 6.04 Å². The third-order valence-corrected chi connectivity index (χ3v) is 3.07. The van der Waals surface area contributed by atoms with Gasteiger partial charge in [0.1, 0.15) is 0 Å². The van der Waals surface area contributed by atoms with Crippen LogP contribution in [0.15, 0.2) is 27.3 Å². The lowest BCUT2D eigenvalue weighted by Gasteiger charge is -2.19. The van der Waals surface area contributed by atoms with Crippen LogP contribution in [0.2, 0.25) is 0 Å². The van der Waals surface area contributed by atoms with E-state index in [0.29, 0.717) is 23.5 Å². The molecule has 0 saturated carbocycles.